The van der Waals surface area contributed by atoms with E-state index >= 15 is 0 Å². The zero-order valence-corrected chi connectivity index (χ0v) is 13.4. The summed E-state index contributed by atoms with van der Waals surface area (Å²) in [4.78, 5) is 12.3. The molecule has 4 nitrogen and oxygen atoms in total. The van der Waals surface area contributed by atoms with Crippen molar-refractivity contribution in [2.75, 3.05) is 11.1 Å². The summed E-state index contributed by atoms with van der Waals surface area (Å²) in [5.41, 5.74) is 9.82. The molecule has 0 saturated carbocycles. The summed E-state index contributed by atoms with van der Waals surface area (Å²) in [5.74, 6) is 0.562. The van der Waals surface area contributed by atoms with Crippen molar-refractivity contribution in [2.24, 2.45) is 0 Å². The average Bonchev–Trinajstić information content (AvgIpc) is 2.42. The predicted octanol–water partition coefficient (Wildman–Crippen LogP) is 3.93. The van der Waals surface area contributed by atoms with Gasteiger partial charge in [0.25, 0.3) is 5.91 Å². The molecule has 0 radical (unpaired) electrons. The number of ether oxygens (including phenoxy) is 1. The Balaban J connectivity index is 2.16. The van der Waals surface area contributed by atoms with Crippen molar-refractivity contribution in [3.8, 4) is 5.75 Å². The summed E-state index contributed by atoms with van der Waals surface area (Å²) in [6.45, 7) is 7.83. The highest BCUT2D eigenvalue weighted by atomic mass is 16.5. The van der Waals surface area contributed by atoms with Gasteiger partial charge in [0.05, 0.1) is 17.5 Å². The van der Waals surface area contributed by atoms with Crippen LogP contribution < -0.4 is 15.8 Å². The molecule has 4 heteroatoms. The molecule has 0 aliphatic heterocycles. The van der Waals surface area contributed by atoms with E-state index in [1.54, 1.807) is 24.3 Å². The molecule has 116 valence electrons. The van der Waals surface area contributed by atoms with Gasteiger partial charge >= 0.3 is 0 Å². The number of nitrogen functional groups attached to an aromatic ring is 1. The summed E-state index contributed by atoms with van der Waals surface area (Å²) >= 11 is 0. The lowest BCUT2D eigenvalue weighted by molar-refractivity contribution is 0.102. The lowest BCUT2D eigenvalue weighted by Gasteiger charge is -2.13. The largest absolute Gasteiger partial charge is 0.491 e. The molecule has 0 atom stereocenters. The molecule has 0 spiro atoms. The fourth-order valence-corrected chi connectivity index (χ4v) is 2.31. The number of aryl methyl sites for hydroxylation is 2. The van der Waals surface area contributed by atoms with E-state index in [4.69, 9.17) is 10.5 Å². The predicted molar refractivity (Wildman–Crippen MR) is 90.5 cm³/mol. The van der Waals surface area contributed by atoms with Gasteiger partial charge in [-0.25, -0.2) is 0 Å². The second kappa shape index (κ2) is 6.52. The first-order valence-electron chi connectivity index (χ1n) is 7.31. The number of hydrogen-bond donors (Lipinski definition) is 2. The van der Waals surface area contributed by atoms with Crippen molar-refractivity contribution in [3.05, 3.63) is 53.1 Å². The molecule has 0 bridgehead atoms. The molecule has 1 amide bonds. The molecule has 0 unspecified atom stereocenters. The standard InChI is InChI=1S/C18H22N2O2/c1-11(2)22-15-7-5-14(6-8-15)18(21)20-17-13(4)9-12(3)10-16(17)19/h5-11H,19H2,1-4H3,(H,20,21). The van der Waals surface area contributed by atoms with Crippen LogP contribution in [-0.2, 0) is 0 Å². The van der Waals surface area contributed by atoms with Crippen LogP contribution in [0.1, 0.15) is 35.3 Å². The Morgan fingerprint density at radius 2 is 1.77 bits per heavy atom. The smallest absolute Gasteiger partial charge is 0.255 e. The molecule has 0 aliphatic rings. The van der Waals surface area contributed by atoms with Gasteiger partial charge < -0.3 is 15.8 Å². The Bertz CT molecular complexity index is 653. The van der Waals surface area contributed by atoms with Crippen molar-refractivity contribution < 1.29 is 9.53 Å². The van der Waals surface area contributed by atoms with E-state index in [9.17, 15) is 4.79 Å². The summed E-state index contributed by atoms with van der Waals surface area (Å²) in [5, 5.41) is 2.88. The first-order chi connectivity index (χ1) is 10.4. The third-order valence-electron chi connectivity index (χ3n) is 3.24. The van der Waals surface area contributed by atoms with E-state index in [-0.39, 0.29) is 12.0 Å². The fourth-order valence-electron chi connectivity index (χ4n) is 2.31. The van der Waals surface area contributed by atoms with Crippen LogP contribution in [0.15, 0.2) is 36.4 Å². The van der Waals surface area contributed by atoms with Crippen LogP contribution in [-0.4, -0.2) is 12.0 Å². The van der Waals surface area contributed by atoms with Crippen molar-refractivity contribution in [1.82, 2.24) is 0 Å². The summed E-state index contributed by atoms with van der Waals surface area (Å²) < 4.78 is 5.57. The number of carbonyl (C=O) groups excluding carboxylic acids is 1. The maximum atomic E-state index is 12.3. The van der Waals surface area contributed by atoms with Gasteiger partial charge in [0.2, 0.25) is 0 Å². The van der Waals surface area contributed by atoms with E-state index in [2.05, 4.69) is 5.32 Å². The monoisotopic (exact) mass is 298 g/mol. The zero-order chi connectivity index (χ0) is 16.3. The molecule has 0 aliphatic carbocycles. The van der Waals surface area contributed by atoms with Crippen LogP contribution in [0.4, 0.5) is 11.4 Å². The molecular weight excluding hydrogens is 276 g/mol. The summed E-state index contributed by atoms with van der Waals surface area (Å²) in [7, 11) is 0. The molecule has 2 rings (SSSR count). The number of rotatable bonds is 4. The Morgan fingerprint density at radius 3 is 2.32 bits per heavy atom. The number of amides is 1. The summed E-state index contributed by atoms with van der Waals surface area (Å²) in [6, 6.07) is 10.9. The molecule has 0 saturated heterocycles. The minimum Gasteiger partial charge on any atom is -0.491 e. The van der Waals surface area contributed by atoms with Crippen LogP contribution in [0.5, 0.6) is 5.75 Å². The van der Waals surface area contributed by atoms with Crippen molar-refractivity contribution >= 4 is 17.3 Å². The average molecular weight is 298 g/mol. The molecule has 22 heavy (non-hydrogen) atoms. The third-order valence-corrected chi connectivity index (χ3v) is 3.24. The Morgan fingerprint density at radius 1 is 1.14 bits per heavy atom. The van der Waals surface area contributed by atoms with Gasteiger partial charge in [-0.2, -0.15) is 0 Å². The van der Waals surface area contributed by atoms with Gasteiger partial charge in [-0.3, -0.25) is 4.79 Å². The Hall–Kier alpha value is -2.49. The minimum absolute atomic E-state index is 0.106. The van der Waals surface area contributed by atoms with Gasteiger partial charge in [-0.15, -0.1) is 0 Å². The number of benzene rings is 2. The Labute approximate surface area is 131 Å². The third kappa shape index (κ3) is 3.79. The minimum atomic E-state index is -0.185. The summed E-state index contributed by atoms with van der Waals surface area (Å²) in [6.07, 6.45) is 0.106. The number of nitrogens with one attached hydrogen (secondary N) is 1. The molecule has 2 aromatic carbocycles. The first-order valence-corrected chi connectivity index (χ1v) is 7.31. The van der Waals surface area contributed by atoms with E-state index in [0.29, 0.717) is 16.9 Å². The van der Waals surface area contributed by atoms with Gasteiger partial charge in [0.1, 0.15) is 5.75 Å². The second-order valence-corrected chi connectivity index (χ2v) is 5.69. The molecular formula is C18H22N2O2. The lowest BCUT2D eigenvalue weighted by Crippen LogP contribution is -2.14. The van der Waals surface area contributed by atoms with Gasteiger partial charge in [0, 0.05) is 5.56 Å². The molecule has 0 fully saturated rings. The number of carbonyl (C=O) groups is 1. The van der Waals surface area contributed by atoms with Crippen LogP contribution in [0.25, 0.3) is 0 Å². The van der Waals surface area contributed by atoms with Gasteiger partial charge in [0.15, 0.2) is 0 Å². The SMILES string of the molecule is Cc1cc(C)c(NC(=O)c2ccc(OC(C)C)cc2)c(N)c1. The van der Waals surface area contributed by atoms with Crippen LogP contribution in [0.2, 0.25) is 0 Å². The van der Waals surface area contributed by atoms with Crippen LogP contribution in [0, 0.1) is 13.8 Å². The van der Waals surface area contributed by atoms with Crippen molar-refractivity contribution in [1.29, 1.82) is 0 Å². The molecule has 2 aromatic rings. The molecule has 0 aromatic heterocycles. The number of anilines is 2. The van der Waals surface area contributed by atoms with E-state index in [1.807, 2.05) is 39.8 Å². The van der Waals surface area contributed by atoms with Crippen molar-refractivity contribution in [3.63, 3.8) is 0 Å². The maximum Gasteiger partial charge on any atom is 0.255 e. The van der Waals surface area contributed by atoms with Crippen LogP contribution in [0.3, 0.4) is 0 Å². The molecule has 0 heterocycles. The normalized spacial score (nSPS) is 10.6. The lowest BCUT2D eigenvalue weighted by atomic mass is 10.1. The Kier molecular flexibility index (Phi) is 4.71. The second-order valence-electron chi connectivity index (χ2n) is 5.69. The van der Waals surface area contributed by atoms with E-state index in [1.165, 1.54) is 0 Å². The van der Waals surface area contributed by atoms with Crippen LogP contribution >= 0.6 is 0 Å². The van der Waals surface area contributed by atoms with Gasteiger partial charge in [-0.1, -0.05) is 6.07 Å². The zero-order valence-electron chi connectivity index (χ0n) is 13.4. The molecule has 3 N–H and O–H groups in total. The van der Waals surface area contributed by atoms with E-state index < -0.39 is 0 Å². The fraction of sp³-hybridized carbons (Fsp3) is 0.278. The topological polar surface area (TPSA) is 64.3 Å². The highest BCUT2D eigenvalue weighted by molar-refractivity contribution is 6.06. The quantitative estimate of drug-likeness (QED) is 0.841. The number of hydrogen-bond acceptors (Lipinski definition) is 3. The maximum absolute atomic E-state index is 12.3. The number of nitrogens with two attached hydrogens (primary N) is 1. The van der Waals surface area contributed by atoms with Crippen molar-refractivity contribution in [2.45, 2.75) is 33.8 Å². The highest BCUT2D eigenvalue weighted by Gasteiger charge is 2.11. The van der Waals surface area contributed by atoms with Gasteiger partial charge in [-0.05, 0) is 69.2 Å². The van der Waals surface area contributed by atoms with E-state index in [0.717, 1.165) is 16.9 Å². The first kappa shape index (κ1) is 15.9. The highest BCUT2D eigenvalue weighted by Crippen LogP contribution is 2.25.